The molecule has 1 aliphatic heterocycles. The predicted octanol–water partition coefficient (Wildman–Crippen LogP) is 3.94. The number of nitrogens with two attached hydrogens (primary N) is 1. The highest BCUT2D eigenvalue weighted by Gasteiger charge is 2.52. The molecule has 2 amide bonds. The monoisotopic (exact) mass is 445 g/mol. The summed E-state index contributed by atoms with van der Waals surface area (Å²) in [6.45, 7) is 19.6. The van der Waals surface area contributed by atoms with Crippen LogP contribution in [0.25, 0.3) is 0 Å². The number of para-hydroxylation sites is 1. The molecule has 0 aliphatic carbocycles. The van der Waals surface area contributed by atoms with E-state index in [0.717, 1.165) is 11.3 Å². The molecule has 0 unspecified atom stereocenters. The van der Waals surface area contributed by atoms with Crippen LogP contribution >= 0.6 is 0 Å². The van der Waals surface area contributed by atoms with Crippen LogP contribution in [0.1, 0.15) is 46.6 Å². The number of benzene rings is 1. The summed E-state index contributed by atoms with van der Waals surface area (Å²) in [5, 5.41) is 6.13. The normalized spacial score (nSPS) is 19.8. The number of hydrogen-bond acceptors (Lipinski definition) is 4. The van der Waals surface area contributed by atoms with Crippen LogP contribution in [0.5, 0.6) is 0 Å². The third kappa shape index (κ3) is 5.04. The molecule has 1 aliphatic rings. The van der Waals surface area contributed by atoms with Gasteiger partial charge >= 0.3 is 0 Å². The Hall–Kier alpha value is -2.12. The second-order valence-electron chi connectivity index (χ2n) is 10.7. The standard InChI is InChI=1S/C24H39N3O3Si/c1-9-23(5,6)24(16-27-18-13-11-10-12-17(18)24)14-19(21(29)26-15-20(25)28)30-31(7,8)22(2,3)4/h9-13,19,27H,1,14-16H2,2-8H3,(H2,25,28)(H,26,29)/t19-,24+/m1/s1. The van der Waals surface area contributed by atoms with E-state index in [4.69, 9.17) is 10.2 Å². The van der Waals surface area contributed by atoms with Crippen molar-refractivity contribution in [2.45, 2.75) is 70.7 Å². The summed E-state index contributed by atoms with van der Waals surface area (Å²) in [6, 6.07) is 8.21. The van der Waals surface area contributed by atoms with Gasteiger partial charge < -0.3 is 20.8 Å². The number of hydrogen-bond donors (Lipinski definition) is 3. The third-order valence-corrected chi connectivity index (χ3v) is 11.8. The molecule has 0 saturated heterocycles. The third-order valence-electron chi connectivity index (χ3n) is 7.27. The summed E-state index contributed by atoms with van der Waals surface area (Å²) < 4.78 is 6.65. The van der Waals surface area contributed by atoms with E-state index in [1.807, 2.05) is 18.2 Å². The minimum atomic E-state index is -2.28. The average Bonchev–Trinajstić information content (AvgIpc) is 3.05. The summed E-state index contributed by atoms with van der Waals surface area (Å²) >= 11 is 0. The molecule has 4 N–H and O–H groups in total. The summed E-state index contributed by atoms with van der Waals surface area (Å²) in [5.41, 5.74) is 6.79. The second-order valence-corrected chi connectivity index (χ2v) is 15.4. The molecular formula is C24H39N3O3Si. The first-order chi connectivity index (χ1) is 14.2. The first-order valence-electron chi connectivity index (χ1n) is 10.9. The molecule has 1 heterocycles. The molecule has 31 heavy (non-hydrogen) atoms. The van der Waals surface area contributed by atoms with Crippen LogP contribution in [0.3, 0.4) is 0 Å². The molecule has 7 heteroatoms. The van der Waals surface area contributed by atoms with Gasteiger partial charge in [0.1, 0.15) is 6.10 Å². The SMILES string of the molecule is C=CC(C)(C)[C@@]1(C[C@@H](O[Si](C)(C)C(C)(C)C)C(=O)NCC(N)=O)CNc2ccccc21. The predicted molar refractivity (Wildman–Crippen MR) is 129 cm³/mol. The maximum Gasteiger partial charge on any atom is 0.248 e. The van der Waals surface area contributed by atoms with Crippen molar-refractivity contribution in [3.8, 4) is 0 Å². The molecule has 0 bridgehead atoms. The molecule has 1 aromatic carbocycles. The van der Waals surface area contributed by atoms with Crippen molar-refractivity contribution in [3.05, 3.63) is 42.5 Å². The highest BCUT2D eigenvalue weighted by Crippen LogP contribution is 2.52. The molecule has 0 spiro atoms. The van der Waals surface area contributed by atoms with Gasteiger partial charge in [-0.2, -0.15) is 0 Å². The van der Waals surface area contributed by atoms with Gasteiger partial charge in [-0.25, -0.2) is 0 Å². The Labute approximate surface area is 188 Å². The van der Waals surface area contributed by atoms with Crippen LogP contribution in [0.4, 0.5) is 5.69 Å². The van der Waals surface area contributed by atoms with Crippen molar-refractivity contribution in [2.75, 3.05) is 18.4 Å². The quantitative estimate of drug-likeness (QED) is 0.396. The van der Waals surface area contributed by atoms with E-state index >= 15 is 0 Å². The fourth-order valence-corrected chi connectivity index (χ4v) is 5.19. The number of amides is 2. The number of carbonyl (C=O) groups excluding carboxylic acids is 2. The molecule has 0 fully saturated rings. The van der Waals surface area contributed by atoms with Gasteiger partial charge in [0.05, 0.1) is 6.54 Å². The van der Waals surface area contributed by atoms with Crippen LogP contribution in [0.15, 0.2) is 36.9 Å². The molecule has 2 rings (SSSR count). The number of rotatable bonds is 9. The molecule has 172 valence electrons. The average molecular weight is 446 g/mol. The van der Waals surface area contributed by atoms with Crippen molar-refractivity contribution in [1.82, 2.24) is 5.32 Å². The lowest BCUT2D eigenvalue weighted by Crippen LogP contribution is -2.54. The Morgan fingerprint density at radius 3 is 2.45 bits per heavy atom. The smallest absolute Gasteiger partial charge is 0.248 e. The lowest BCUT2D eigenvalue weighted by molar-refractivity contribution is -0.131. The Bertz CT molecular complexity index is 845. The lowest BCUT2D eigenvalue weighted by Gasteiger charge is -2.46. The second kappa shape index (κ2) is 8.79. The number of primary amides is 1. The Kier molecular flexibility index (Phi) is 7.12. The van der Waals surface area contributed by atoms with Crippen molar-refractivity contribution < 1.29 is 14.0 Å². The van der Waals surface area contributed by atoms with Crippen molar-refractivity contribution in [1.29, 1.82) is 0 Å². The molecule has 2 atom stereocenters. The fourth-order valence-electron chi connectivity index (χ4n) is 3.94. The van der Waals surface area contributed by atoms with Gasteiger partial charge in [-0.15, -0.1) is 6.58 Å². The number of nitrogens with one attached hydrogen (secondary N) is 2. The fraction of sp³-hybridized carbons (Fsp3) is 0.583. The first kappa shape index (κ1) is 25.1. The van der Waals surface area contributed by atoms with Crippen LogP contribution in [0.2, 0.25) is 18.1 Å². The van der Waals surface area contributed by atoms with Gasteiger partial charge in [0.25, 0.3) is 0 Å². The van der Waals surface area contributed by atoms with Gasteiger partial charge in [-0.3, -0.25) is 9.59 Å². The maximum absolute atomic E-state index is 13.2. The minimum absolute atomic E-state index is 0.0673. The molecule has 0 saturated carbocycles. The van der Waals surface area contributed by atoms with Gasteiger partial charge in [0, 0.05) is 17.6 Å². The molecule has 1 aromatic rings. The zero-order valence-corrected chi connectivity index (χ0v) is 21.1. The topological polar surface area (TPSA) is 93.4 Å². The van der Waals surface area contributed by atoms with Crippen LogP contribution < -0.4 is 16.4 Å². The first-order valence-corrected chi connectivity index (χ1v) is 13.8. The van der Waals surface area contributed by atoms with Gasteiger partial charge in [0.2, 0.25) is 11.8 Å². The van der Waals surface area contributed by atoms with E-state index in [1.54, 1.807) is 0 Å². The van der Waals surface area contributed by atoms with Crippen molar-refractivity contribution in [2.24, 2.45) is 11.1 Å². The summed E-state index contributed by atoms with van der Waals surface area (Å²) in [4.78, 5) is 24.5. The Morgan fingerprint density at radius 2 is 1.90 bits per heavy atom. The van der Waals surface area contributed by atoms with E-state index in [9.17, 15) is 9.59 Å². The Balaban J connectivity index is 2.52. The van der Waals surface area contributed by atoms with Crippen molar-refractivity contribution in [3.63, 3.8) is 0 Å². The van der Waals surface area contributed by atoms with E-state index < -0.39 is 25.7 Å². The molecule has 0 aromatic heterocycles. The highest BCUT2D eigenvalue weighted by molar-refractivity contribution is 6.74. The zero-order chi connectivity index (χ0) is 23.7. The number of fused-ring (bicyclic) bond motifs is 1. The molecule has 6 nitrogen and oxygen atoms in total. The van der Waals surface area contributed by atoms with E-state index in [1.165, 1.54) is 0 Å². The van der Waals surface area contributed by atoms with Gasteiger partial charge in [0.15, 0.2) is 8.32 Å². The summed E-state index contributed by atoms with van der Waals surface area (Å²) in [5.74, 6) is -0.874. The van der Waals surface area contributed by atoms with Crippen LogP contribution in [-0.4, -0.2) is 39.3 Å². The minimum Gasteiger partial charge on any atom is -0.405 e. The van der Waals surface area contributed by atoms with Crippen molar-refractivity contribution >= 4 is 25.8 Å². The van der Waals surface area contributed by atoms with Crippen LogP contribution in [0, 0.1) is 5.41 Å². The van der Waals surface area contributed by atoms with E-state index in [0.29, 0.717) is 13.0 Å². The summed E-state index contributed by atoms with van der Waals surface area (Å²) in [7, 11) is -2.28. The number of carbonyl (C=O) groups is 2. The van der Waals surface area contributed by atoms with Gasteiger partial charge in [-0.05, 0) is 41.6 Å². The number of anilines is 1. The van der Waals surface area contributed by atoms with Crippen LogP contribution in [-0.2, 0) is 19.4 Å². The maximum atomic E-state index is 13.2. The Morgan fingerprint density at radius 1 is 1.29 bits per heavy atom. The zero-order valence-electron chi connectivity index (χ0n) is 20.1. The van der Waals surface area contributed by atoms with Gasteiger partial charge in [-0.1, -0.05) is 58.9 Å². The largest absolute Gasteiger partial charge is 0.405 e. The lowest BCUT2D eigenvalue weighted by atomic mass is 9.60. The summed E-state index contributed by atoms with van der Waals surface area (Å²) in [6.07, 6.45) is 1.71. The highest BCUT2D eigenvalue weighted by atomic mass is 28.4. The van der Waals surface area contributed by atoms with E-state index in [-0.39, 0.29) is 22.9 Å². The number of allylic oxidation sites excluding steroid dienone is 1. The van der Waals surface area contributed by atoms with E-state index in [2.05, 4.69) is 77.1 Å². The molecular weight excluding hydrogens is 406 g/mol. The molecule has 0 radical (unpaired) electrons.